The van der Waals surface area contributed by atoms with Crippen LogP contribution in [-0.4, -0.2) is 8.42 Å². The first-order valence-corrected chi connectivity index (χ1v) is 11.0. The molecule has 3 aromatic carbocycles. The number of nitrogens with one attached hydrogen (secondary N) is 1. The van der Waals surface area contributed by atoms with Gasteiger partial charge >= 0.3 is 0 Å². The van der Waals surface area contributed by atoms with Gasteiger partial charge in [-0.25, -0.2) is 8.42 Å². The highest BCUT2D eigenvalue weighted by Crippen LogP contribution is 2.40. The number of sulfonamides is 1. The second-order valence-corrected chi connectivity index (χ2v) is 9.30. The first-order valence-electron chi connectivity index (χ1n) is 9.57. The molecule has 1 N–H and O–H groups in total. The summed E-state index contributed by atoms with van der Waals surface area (Å²) >= 11 is 0. The molecule has 0 aliphatic heterocycles. The molecule has 0 amide bonds. The molecule has 1 aliphatic carbocycles. The summed E-state index contributed by atoms with van der Waals surface area (Å²) in [6.07, 6.45) is 3.02. The van der Waals surface area contributed by atoms with Crippen LogP contribution >= 0.6 is 0 Å². The molecule has 1 aliphatic rings. The summed E-state index contributed by atoms with van der Waals surface area (Å²) in [5.41, 5.74) is 2.67. The van der Waals surface area contributed by atoms with Gasteiger partial charge in [-0.15, -0.1) is 0 Å². The maximum absolute atomic E-state index is 12.9. The summed E-state index contributed by atoms with van der Waals surface area (Å²) < 4.78 is 34.9. The van der Waals surface area contributed by atoms with Crippen LogP contribution in [0.1, 0.15) is 24.7 Å². The zero-order chi connectivity index (χ0) is 19.3. The average molecular weight is 391 g/mol. The third-order valence-corrected chi connectivity index (χ3v) is 6.98. The van der Waals surface area contributed by atoms with Crippen LogP contribution in [0.15, 0.2) is 70.0 Å². The highest BCUT2D eigenvalue weighted by Gasteiger charge is 2.24. The van der Waals surface area contributed by atoms with E-state index in [0.717, 1.165) is 46.8 Å². The Balaban J connectivity index is 1.72. The van der Waals surface area contributed by atoms with Gasteiger partial charge in [0, 0.05) is 28.1 Å². The molecule has 1 aromatic heterocycles. The third kappa shape index (κ3) is 2.78. The lowest BCUT2D eigenvalue weighted by molar-refractivity contribution is 0.427. The Kier molecular flexibility index (Phi) is 3.95. The van der Waals surface area contributed by atoms with Crippen molar-refractivity contribution in [3.8, 4) is 0 Å². The van der Waals surface area contributed by atoms with E-state index in [0.29, 0.717) is 11.6 Å². The SMILES string of the molecule is C[C@@H]1CCc2c(oc3c2cc(NS(=O)(=O)c2ccccc2)c2ccccc23)C1. The second kappa shape index (κ2) is 6.38. The number of anilines is 1. The second-order valence-electron chi connectivity index (χ2n) is 7.62. The van der Waals surface area contributed by atoms with Gasteiger partial charge in [-0.3, -0.25) is 4.72 Å². The fraction of sp³-hybridized carbons (Fsp3) is 0.217. The zero-order valence-corrected chi connectivity index (χ0v) is 16.4. The number of aryl methyl sites for hydroxylation is 1. The van der Waals surface area contributed by atoms with Crippen LogP contribution in [0.25, 0.3) is 21.7 Å². The number of furan rings is 1. The number of fused-ring (bicyclic) bond motifs is 5. The Morgan fingerprint density at radius 2 is 1.68 bits per heavy atom. The number of hydrogen-bond donors (Lipinski definition) is 1. The Labute approximate surface area is 164 Å². The summed E-state index contributed by atoms with van der Waals surface area (Å²) in [5, 5.41) is 2.80. The van der Waals surface area contributed by atoms with E-state index in [1.54, 1.807) is 30.3 Å². The molecule has 28 heavy (non-hydrogen) atoms. The lowest BCUT2D eigenvalue weighted by atomic mass is 9.88. The summed E-state index contributed by atoms with van der Waals surface area (Å²) in [7, 11) is -3.67. The van der Waals surface area contributed by atoms with Crippen molar-refractivity contribution in [2.24, 2.45) is 5.92 Å². The maximum Gasteiger partial charge on any atom is 0.261 e. The van der Waals surface area contributed by atoms with Crippen molar-refractivity contribution in [3.05, 3.63) is 72.0 Å². The normalized spacial score (nSPS) is 17.0. The molecule has 0 saturated heterocycles. The largest absolute Gasteiger partial charge is 0.460 e. The van der Waals surface area contributed by atoms with E-state index in [1.165, 1.54) is 5.56 Å². The van der Waals surface area contributed by atoms with Gasteiger partial charge in [0.05, 0.1) is 10.6 Å². The minimum atomic E-state index is -3.67. The van der Waals surface area contributed by atoms with E-state index >= 15 is 0 Å². The van der Waals surface area contributed by atoms with Crippen LogP contribution < -0.4 is 4.72 Å². The molecule has 5 rings (SSSR count). The molecule has 1 heterocycles. The highest BCUT2D eigenvalue weighted by molar-refractivity contribution is 7.92. The average Bonchev–Trinajstić information content (AvgIpc) is 3.06. The molecule has 0 spiro atoms. The lowest BCUT2D eigenvalue weighted by Crippen LogP contribution is -2.13. The maximum atomic E-state index is 12.9. The summed E-state index contributed by atoms with van der Waals surface area (Å²) in [4.78, 5) is 0.252. The molecule has 0 saturated carbocycles. The molecule has 0 fully saturated rings. The van der Waals surface area contributed by atoms with Crippen molar-refractivity contribution < 1.29 is 12.8 Å². The van der Waals surface area contributed by atoms with E-state index < -0.39 is 10.0 Å². The third-order valence-electron chi connectivity index (χ3n) is 5.60. The van der Waals surface area contributed by atoms with Gasteiger partial charge in [-0.2, -0.15) is 0 Å². The van der Waals surface area contributed by atoms with Crippen LogP contribution in [0.3, 0.4) is 0 Å². The summed E-state index contributed by atoms with van der Waals surface area (Å²) in [5.74, 6) is 1.65. The zero-order valence-electron chi connectivity index (χ0n) is 15.6. The standard InChI is InChI=1S/C23H21NO3S/c1-15-11-12-18-20-14-21(24-28(25,26)16-7-3-2-4-8-16)17-9-5-6-10-19(17)23(20)27-22(18)13-15/h2-10,14-15,24H,11-13H2,1H3/t15-/m1/s1. The van der Waals surface area contributed by atoms with Crippen molar-refractivity contribution in [3.63, 3.8) is 0 Å². The molecule has 142 valence electrons. The van der Waals surface area contributed by atoms with Crippen molar-refractivity contribution in [2.45, 2.75) is 31.1 Å². The minimum Gasteiger partial charge on any atom is -0.460 e. The molecule has 0 bridgehead atoms. The van der Waals surface area contributed by atoms with Crippen molar-refractivity contribution in [1.29, 1.82) is 0 Å². The Morgan fingerprint density at radius 1 is 0.964 bits per heavy atom. The van der Waals surface area contributed by atoms with Crippen LogP contribution in [0, 0.1) is 5.92 Å². The van der Waals surface area contributed by atoms with Gasteiger partial charge < -0.3 is 4.42 Å². The van der Waals surface area contributed by atoms with E-state index in [9.17, 15) is 8.42 Å². The molecule has 4 nitrogen and oxygen atoms in total. The smallest absolute Gasteiger partial charge is 0.261 e. The number of benzene rings is 3. The van der Waals surface area contributed by atoms with Gasteiger partial charge in [0.15, 0.2) is 0 Å². The van der Waals surface area contributed by atoms with Crippen LogP contribution in [0.2, 0.25) is 0 Å². The predicted octanol–water partition coefficient (Wildman–Crippen LogP) is 5.51. The summed E-state index contributed by atoms with van der Waals surface area (Å²) in [6.45, 7) is 2.24. The van der Waals surface area contributed by atoms with Crippen LogP contribution in [0.4, 0.5) is 5.69 Å². The fourth-order valence-corrected chi connectivity index (χ4v) is 5.25. The first kappa shape index (κ1) is 17.3. The highest BCUT2D eigenvalue weighted by atomic mass is 32.2. The van der Waals surface area contributed by atoms with Gasteiger partial charge in [0.25, 0.3) is 10.0 Å². The quantitative estimate of drug-likeness (QED) is 0.501. The predicted molar refractivity (Wildman–Crippen MR) is 112 cm³/mol. The molecule has 1 atom stereocenters. The van der Waals surface area contributed by atoms with E-state index in [1.807, 2.05) is 30.3 Å². The molecular formula is C23H21NO3S. The molecule has 0 unspecified atom stereocenters. The van der Waals surface area contributed by atoms with Gasteiger partial charge in [-0.1, -0.05) is 49.4 Å². The molecule has 5 heteroatoms. The van der Waals surface area contributed by atoms with Crippen molar-refractivity contribution in [1.82, 2.24) is 0 Å². The Bertz CT molecular complexity index is 1290. The topological polar surface area (TPSA) is 59.3 Å². The van der Waals surface area contributed by atoms with Gasteiger partial charge in [0.1, 0.15) is 11.3 Å². The van der Waals surface area contributed by atoms with Crippen molar-refractivity contribution >= 4 is 37.5 Å². The minimum absolute atomic E-state index is 0.252. The fourth-order valence-electron chi connectivity index (χ4n) is 4.15. The lowest BCUT2D eigenvalue weighted by Gasteiger charge is -2.16. The Morgan fingerprint density at radius 3 is 2.46 bits per heavy atom. The molecule has 4 aromatic rings. The van der Waals surface area contributed by atoms with Gasteiger partial charge in [-0.05, 0) is 37.0 Å². The van der Waals surface area contributed by atoms with E-state index in [2.05, 4.69) is 11.6 Å². The van der Waals surface area contributed by atoms with E-state index in [4.69, 9.17) is 4.42 Å². The molecular weight excluding hydrogens is 370 g/mol. The Hall–Kier alpha value is -2.79. The monoisotopic (exact) mass is 391 g/mol. The van der Waals surface area contributed by atoms with Crippen LogP contribution in [-0.2, 0) is 22.9 Å². The molecule has 0 radical (unpaired) electrons. The van der Waals surface area contributed by atoms with Crippen LogP contribution in [0.5, 0.6) is 0 Å². The number of rotatable bonds is 3. The van der Waals surface area contributed by atoms with E-state index in [-0.39, 0.29) is 4.90 Å². The summed E-state index contributed by atoms with van der Waals surface area (Å²) in [6, 6.07) is 18.2. The number of hydrogen-bond acceptors (Lipinski definition) is 3. The van der Waals surface area contributed by atoms with Crippen molar-refractivity contribution in [2.75, 3.05) is 4.72 Å². The van der Waals surface area contributed by atoms with Gasteiger partial charge in [0.2, 0.25) is 0 Å². The first-order chi connectivity index (χ1) is 13.5.